The lowest BCUT2D eigenvalue weighted by Crippen LogP contribution is -2.48. The molecule has 4 nitrogen and oxygen atoms in total. The number of hydrogen-bond acceptors (Lipinski definition) is 3. The summed E-state index contributed by atoms with van der Waals surface area (Å²) in [5.74, 6) is 0. The Balaban J connectivity index is 2.16. The molecule has 0 spiro atoms. The molecule has 5 heteroatoms. The first-order valence-corrected chi connectivity index (χ1v) is 7.06. The second kappa shape index (κ2) is 5.59. The largest absolute Gasteiger partial charge is 0.327 e. The first-order chi connectivity index (χ1) is 8.50. The fourth-order valence-corrected chi connectivity index (χ4v) is 3.07. The van der Waals surface area contributed by atoms with Gasteiger partial charge in [0.25, 0.3) is 0 Å². The van der Waals surface area contributed by atoms with Crippen molar-refractivity contribution in [1.82, 2.24) is 14.7 Å². The van der Waals surface area contributed by atoms with Crippen LogP contribution in [0.15, 0.2) is 0 Å². The first-order valence-electron chi connectivity index (χ1n) is 6.68. The van der Waals surface area contributed by atoms with Crippen LogP contribution < -0.4 is 5.73 Å². The highest BCUT2D eigenvalue weighted by Gasteiger charge is 2.27. The lowest BCUT2D eigenvalue weighted by Gasteiger charge is -2.38. The van der Waals surface area contributed by atoms with Gasteiger partial charge in [-0.15, -0.1) is 0 Å². The maximum Gasteiger partial charge on any atom is 0.0860 e. The van der Waals surface area contributed by atoms with Crippen molar-refractivity contribution in [1.29, 1.82) is 0 Å². The molecule has 2 atom stereocenters. The van der Waals surface area contributed by atoms with E-state index >= 15 is 0 Å². The maximum absolute atomic E-state index is 6.32. The molecule has 2 heterocycles. The number of nitrogens with two attached hydrogens (primary N) is 1. The van der Waals surface area contributed by atoms with Crippen LogP contribution in [0, 0.1) is 6.92 Å². The number of piperidine rings is 1. The van der Waals surface area contributed by atoms with Gasteiger partial charge in [-0.25, -0.2) is 0 Å². The Labute approximate surface area is 114 Å². The first kappa shape index (κ1) is 13.8. The van der Waals surface area contributed by atoms with Crippen molar-refractivity contribution < 1.29 is 0 Å². The van der Waals surface area contributed by atoms with E-state index in [1.54, 1.807) is 0 Å². The van der Waals surface area contributed by atoms with E-state index < -0.39 is 0 Å². The molecule has 0 aromatic carbocycles. The molecule has 0 saturated carbocycles. The number of hydrogen-bond donors (Lipinski definition) is 1. The molecule has 1 saturated heterocycles. The summed E-state index contributed by atoms with van der Waals surface area (Å²) in [6.07, 6.45) is 3.71. The highest BCUT2D eigenvalue weighted by Crippen LogP contribution is 2.25. The van der Waals surface area contributed by atoms with E-state index in [9.17, 15) is 0 Å². The summed E-state index contributed by atoms with van der Waals surface area (Å²) in [5.41, 5.74) is 8.10. The van der Waals surface area contributed by atoms with Gasteiger partial charge in [0.05, 0.1) is 16.4 Å². The van der Waals surface area contributed by atoms with E-state index in [0.717, 1.165) is 29.5 Å². The fourth-order valence-electron chi connectivity index (χ4n) is 2.85. The third-order valence-corrected chi connectivity index (χ3v) is 4.38. The lowest BCUT2D eigenvalue weighted by atomic mass is 9.97. The fraction of sp³-hybridized carbons (Fsp3) is 0.769. The Hall–Kier alpha value is -0.580. The van der Waals surface area contributed by atoms with Crippen LogP contribution in [0.25, 0.3) is 0 Å². The highest BCUT2D eigenvalue weighted by atomic mass is 35.5. The predicted octanol–water partition coefficient (Wildman–Crippen LogP) is 2.08. The highest BCUT2D eigenvalue weighted by molar-refractivity contribution is 6.31. The van der Waals surface area contributed by atoms with Crippen molar-refractivity contribution in [3.8, 4) is 0 Å². The molecule has 102 valence electrons. The average molecular weight is 271 g/mol. The van der Waals surface area contributed by atoms with Crippen molar-refractivity contribution in [3.63, 3.8) is 0 Å². The van der Waals surface area contributed by atoms with Crippen LogP contribution in [0.3, 0.4) is 0 Å². The maximum atomic E-state index is 6.32. The summed E-state index contributed by atoms with van der Waals surface area (Å²) < 4.78 is 1.89. The summed E-state index contributed by atoms with van der Waals surface area (Å²) in [5, 5.41) is 5.17. The molecule has 2 N–H and O–H groups in total. The van der Waals surface area contributed by atoms with Gasteiger partial charge in [-0.3, -0.25) is 9.58 Å². The van der Waals surface area contributed by atoms with Crippen LogP contribution in [0.5, 0.6) is 0 Å². The van der Waals surface area contributed by atoms with E-state index in [-0.39, 0.29) is 6.04 Å². The standard InChI is InChI=1S/C13H23ClN4/c1-9(15)11-6-4-5-7-18(11)8-12-13(14)10(2)16-17(12)3/h9,11H,4-8,15H2,1-3H3. The average Bonchev–Trinajstić information content (AvgIpc) is 2.56. The number of halogens is 1. The summed E-state index contributed by atoms with van der Waals surface area (Å²) in [4.78, 5) is 2.45. The van der Waals surface area contributed by atoms with Crippen LogP contribution in [0.4, 0.5) is 0 Å². The van der Waals surface area contributed by atoms with Crippen molar-refractivity contribution in [3.05, 3.63) is 16.4 Å². The molecular formula is C13H23ClN4. The summed E-state index contributed by atoms with van der Waals surface area (Å²) >= 11 is 6.32. The monoisotopic (exact) mass is 270 g/mol. The third-order valence-electron chi connectivity index (χ3n) is 3.89. The van der Waals surface area contributed by atoms with Crippen LogP contribution in [-0.4, -0.2) is 33.3 Å². The molecule has 0 aliphatic carbocycles. The molecule has 2 rings (SSSR count). The zero-order chi connectivity index (χ0) is 13.3. The molecule has 1 fully saturated rings. The number of aryl methyl sites for hydroxylation is 2. The molecular weight excluding hydrogens is 248 g/mol. The molecule has 1 aliphatic heterocycles. The molecule has 1 aromatic rings. The Morgan fingerprint density at radius 1 is 1.50 bits per heavy atom. The van der Waals surface area contributed by atoms with Gasteiger partial charge in [-0.1, -0.05) is 18.0 Å². The van der Waals surface area contributed by atoms with E-state index in [4.69, 9.17) is 17.3 Å². The second-order valence-electron chi connectivity index (χ2n) is 5.36. The van der Waals surface area contributed by atoms with Crippen LogP contribution >= 0.6 is 11.6 Å². The Kier molecular flexibility index (Phi) is 4.30. The van der Waals surface area contributed by atoms with Crippen molar-refractivity contribution >= 4 is 11.6 Å². The lowest BCUT2D eigenvalue weighted by molar-refractivity contribution is 0.120. The SMILES string of the molecule is Cc1nn(C)c(CN2CCCCC2C(C)N)c1Cl. The summed E-state index contributed by atoms with van der Waals surface area (Å²) in [6.45, 7) is 6.00. The molecule has 1 aliphatic rings. The van der Waals surface area contributed by atoms with Crippen molar-refractivity contribution in [2.45, 2.75) is 51.7 Å². The minimum Gasteiger partial charge on any atom is -0.327 e. The normalized spacial score (nSPS) is 23.3. The quantitative estimate of drug-likeness (QED) is 0.915. The number of aromatic nitrogens is 2. The number of nitrogens with zero attached hydrogens (tertiary/aromatic N) is 3. The minimum atomic E-state index is 0.207. The molecule has 1 aromatic heterocycles. The van der Waals surface area contributed by atoms with Gasteiger partial charge in [0.2, 0.25) is 0 Å². The molecule has 2 unspecified atom stereocenters. The van der Waals surface area contributed by atoms with E-state index in [2.05, 4.69) is 16.9 Å². The predicted molar refractivity (Wildman–Crippen MR) is 74.7 cm³/mol. The Bertz CT molecular complexity index is 413. The van der Waals surface area contributed by atoms with E-state index in [1.165, 1.54) is 19.3 Å². The van der Waals surface area contributed by atoms with Crippen LogP contribution in [0.2, 0.25) is 5.02 Å². The van der Waals surface area contributed by atoms with Crippen molar-refractivity contribution in [2.75, 3.05) is 6.54 Å². The second-order valence-corrected chi connectivity index (χ2v) is 5.74. The van der Waals surface area contributed by atoms with Crippen molar-refractivity contribution in [2.24, 2.45) is 12.8 Å². The zero-order valence-electron chi connectivity index (χ0n) is 11.5. The molecule has 0 radical (unpaired) electrons. The minimum absolute atomic E-state index is 0.207. The van der Waals surface area contributed by atoms with Gasteiger partial charge in [-0.05, 0) is 33.2 Å². The topological polar surface area (TPSA) is 47.1 Å². The van der Waals surface area contributed by atoms with Crippen LogP contribution in [0.1, 0.15) is 37.6 Å². The smallest absolute Gasteiger partial charge is 0.0860 e. The summed E-state index contributed by atoms with van der Waals surface area (Å²) in [7, 11) is 1.96. The van der Waals surface area contributed by atoms with Gasteiger partial charge >= 0.3 is 0 Å². The van der Waals surface area contributed by atoms with E-state index in [0.29, 0.717) is 6.04 Å². The zero-order valence-corrected chi connectivity index (χ0v) is 12.2. The molecule has 0 bridgehead atoms. The van der Waals surface area contributed by atoms with Gasteiger partial charge in [0.15, 0.2) is 0 Å². The third kappa shape index (κ3) is 2.71. The number of likely N-dealkylation sites (tertiary alicyclic amines) is 1. The molecule has 0 amide bonds. The number of rotatable bonds is 3. The Morgan fingerprint density at radius 3 is 2.78 bits per heavy atom. The van der Waals surface area contributed by atoms with Gasteiger partial charge in [0, 0.05) is 25.7 Å². The van der Waals surface area contributed by atoms with Gasteiger partial charge < -0.3 is 5.73 Å². The molecule has 18 heavy (non-hydrogen) atoms. The summed E-state index contributed by atoms with van der Waals surface area (Å²) in [6, 6.07) is 0.670. The van der Waals surface area contributed by atoms with Crippen LogP contribution in [-0.2, 0) is 13.6 Å². The Morgan fingerprint density at radius 2 is 2.22 bits per heavy atom. The van der Waals surface area contributed by atoms with E-state index in [1.807, 2.05) is 18.7 Å². The van der Waals surface area contributed by atoms with Gasteiger partial charge in [-0.2, -0.15) is 5.10 Å². The van der Waals surface area contributed by atoms with Gasteiger partial charge in [0.1, 0.15) is 0 Å².